The van der Waals surface area contributed by atoms with Crippen LogP contribution in [0.4, 0.5) is 0 Å². The third-order valence-electron chi connectivity index (χ3n) is 7.92. The van der Waals surface area contributed by atoms with Crippen LogP contribution in [0.2, 0.25) is 0 Å². The highest BCUT2D eigenvalue weighted by atomic mass is 16.2. The van der Waals surface area contributed by atoms with Crippen LogP contribution < -0.4 is 5.32 Å². The number of imide groups is 1. The Kier molecular flexibility index (Phi) is 8.60. The Morgan fingerprint density at radius 3 is 2.33 bits per heavy atom. The lowest BCUT2D eigenvalue weighted by atomic mass is 9.85. The lowest BCUT2D eigenvalue weighted by molar-refractivity contribution is -0.144. The summed E-state index contributed by atoms with van der Waals surface area (Å²) in [7, 11) is 0. The van der Waals surface area contributed by atoms with Crippen LogP contribution in [0.3, 0.4) is 0 Å². The number of allylic oxidation sites excluding steroid dienone is 2. The molecule has 4 rings (SSSR count). The second-order valence-electron chi connectivity index (χ2n) is 10.5. The van der Waals surface area contributed by atoms with Crippen LogP contribution in [-0.4, -0.2) is 52.1 Å². The van der Waals surface area contributed by atoms with Gasteiger partial charge in [0.1, 0.15) is 6.04 Å². The second kappa shape index (κ2) is 11.8. The summed E-state index contributed by atoms with van der Waals surface area (Å²) < 4.78 is 0. The van der Waals surface area contributed by atoms with E-state index < -0.39 is 6.04 Å². The van der Waals surface area contributed by atoms with E-state index in [9.17, 15) is 19.2 Å². The van der Waals surface area contributed by atoms with Crippen molar-refractivity contribution in [3.05, 3.63) is 47.5 Å². The Balaban J connectivity index is 1.48. The van der Waals surface area contributed by atoms with Gasteiger partial charge in [-0.1, -0.05) is 68.2 Å². The van der Waals surface area contributed by atoms with E-state index in [-0.39, 0.29) is 54.5 Å². The number of rotatable bonds is 9. The molecule has 1 saturated carbocycles. The van der Waals surface area contributed by atoms with E-state index in [2.05, 4.69) is 5.32 Å². The molecule has 1 N–H and O–H groups in total. The van der Waals surface area contributed by atoms with Crippen LogP contribution >= 0.6 is 0 Å². The summed E-state index contributed by atoms with van der Waals surface area (Å²) in [4.78, 5) is 55.6. The fraction of sp³-hybridized carbons (Fsp3) is 0.586. The van der Waals surface area contributed by atoms with Crippen LogP contribution in [0.25, 0.3) is 0 Å². The fourth-order valence-corrected chi connectivity index (χ4v) is 5.91. The standard InChI is InChI=1S/C29H39N3O4/c1-3-25(27(34)30-22-12-5-4-6-13-22)32(19-21-11-9-10-20(2)18-21)26(33)16-17-31-28(35)23-14-7-8-15-24(23)29(31)36/h7-11,18,22-25H,3-6,12-17,19H2,1-2H3,(H,30,34)/t23-,24+,25?. The first-order valence-electron chi connectivity index (χ1n) is 13.5. The van der Waals surface area contributed by atoms with Gasteiger partial charge >= 0.3 is 0 Å². The molecule has 1 saturated heterocycles. The molecule has 2 fully saturated rings. The molecule has 7 nitrogen and oxygen atoms in total. The smallest absolute Gasteiger partial charge is 0.243 e. The summed E-state index contributed by atoms with van der Waals surface area (Å²) in [5, 5.41) is 3.19. The van der Waals surface area contributed by atoms with E-state index in [1.165, 1.54) is 11.3 Å². The average molecular weight is 494 g/mol. The minimum absolute atomic E-state index is 0.0172. The Bertz CT molecular complexity index is 988. The molecule has 1 aromatic rings. The highest BCUT2D eigenvalue weighted by Gasteiger charge is 2.47. The lowest BCUT2D eigenvalue weighted by Gasteiger charge is -2.33. The maximum atomic E-state index is 13.6. The highest BCUT2D eigenvalue weighted by Crippen LogP contribution is 2.35. The normalized spacial score (nSPS) is 22.9. The second-order valence-corrected chi connectivity index (χ2v) is 10.5. The Morgan fingerprint density at radius 2 is 1.72 bits per heavy atom. The first-order chi connectivity index (χ1) is 17.4. The predicted octanol–water partition coefficient (Wildman–Crippen LogP) is 3.89. The van der Waals surface area contributed by atoms with E-state index in [0.717, 1.165) is 36.8 Å². The topological polar surface area (TPSA) is 86.8 Å². The molecule has 1 aromatic carbocycles. The van der Waals surface area contributed by atoms with Gasteiger partial charge in [0.05, 0.1) is 11.8 Å². The molecule has 3 aliphatic rings. The van der Waals surface area contributed by atoms with Gasteiger partial charge in [-0.2, -0.15) is 0 Å². The molecule has 3 atom stereocenters. The lowest BCUT2D eigenvalue weighted by Crippen LogP contribution is -2.52. The maximum Gasteiger partial charge on any atom is 0.243 e. The summed E-state index contributed by atoms with van der Waals surface area (Å²) in [5.41, 5.74) is 2.04. The summed E-state index contributed by atoms with van der Waals surface area (Å²) >= 11 is 0. The molecule has 0 radical (unpaired) electrons. The number of nitrogens with zero attached hydrogens (tertiary/aromatic N) is 2. The summed E-state index contributed by atoms with van der Waals surface area (Å²) in [6.07, 6.45) is 11.0. The molecule has 1 aliphatic heterocycles. The van der Waals surface area contributed by atoms with Gasteiger partial charge in [0, 0.05) is 25.6 Å². The van der Waals surface area contributed by atoms with Crippen molar-refractivity contribution in [2.24, 2.45) is 11.8 Å². The van der Waals surface area contributed by atoms with Crippen molar-refractivity contribution in [3.8, 4) is 0 Å². The molecule has 1 heterocycles. The molecular weight excluding hydrogens is 454 g/mol. The van der Waals surface area contributed by atoms with Crippen molar-refractivity contribution in [3.63, 3.8) is 0 Å². The molecule has 7 heteroatoms. The van der Waals surface area contributed by atoms with Gasteiger partial charge in [0.2, 0.25) is 23.6 Å². The molecular formula is C29H39N3O4. The van der Waals surface area contributed by atoms with Crippen molar-refractivity contribution in [2.45, 2.75) is 90.3 Å². The van der Waals surface area contributed by atoms with E-state index >= 15 is 0 Å². The van der Waals surface area contributed by atoms with Crippen LogP contribution in [0.1, 0.15) is 75.8 Å². The SMILES string of the molecule is CCC(C(=O)NC1CCCCC1)N(Cc1cccc(C)c1)C(=O)CCN1C(=O)[C@H]2CC=CC[C@H]2C1=O. The average Bonchev–Trinajstić information content (AvgIpc) is 3.12. The zero-order valence-corrected chi connectivity index (χ0v) is 21.6. The number of carbonyl (C=O) groups is 4. The van der Waals surface area contributed by atoms with Gasteiger partial charge in [-0.25, -0.2) is 0 Å². The molecule has 0 spiro atoms. The van der Waals surface area contributed by atoms with Gasteiger partial charge in [-0.05, 0) is 44.6 Å². The molecule has 2 aliphatic carbocycles. The third-order valence-corrected chi connectivity index (χ3v) is 7.92. The number of aryl methyl sites for hydroxylation is 1. The monoisotopic (exact) mass is 493 g/mol. The van der Waals surface area contributed by atoms with Gasteiger partial charge < -0.3 is 10.2 Å². The van der Waals surface area contributed by atoms with Crippen LogP contribution in [0, 0.1) is 18.8 Å². The largest absolute Gasteiger partial charge is 0.352 e. The number of fused-ring (bicyclic) bond motifs is 1. The first kappa shape index (κ1) is 26.1. The Labute approximate surface area is 214 Å². The molecule has 1 unspecified atom stereocenters. The number of amides is 4. The summed E-state index contributed by atoms with van der Waals surface area (Å²) in [5.74, 6) is -1.27. The van der Waals surface area contributed by atoms with Crippen LogP contribution in [0.5, 0.6) is 0 Å². The number of benzene rings is 1. The number of nitrogens with one attached hydrogen (secondary N) is 1. The first-order valence-corrected chi connectivity index (χ1v) is 13.5. The number of hydrogen-bond donors (Lipinski definition) is 1. The minimum Gasteiger partial charge on any atom is -0.352 e. The zero-order chi connectivity index (χ0) is 25.7. The van der Waals surface area contributed by atoms with Crippen molar-refractivity contribution in [2.75, 3.05) is 6.54 Å². The quantitative estimate of drug-likeness (QED) is 0.418. The van der Waals surface area contributed by atoms with Gasteiger partial charge in [0.25, 0.3) is 0 Å². The van der Waals surface area contributed by atoms with Gasteiger partial charge in [0.15, 0.2) is 0 Å². The number of hydrogen-bond acceptors (Lipinski definition) is 4. The van der Waals surface area contributed by atoms with Gasteiger partial charge in [-0.15, -0.1) is 0 Å². The fourth-order valence-electron chi connectivity index (χ4n) is 5.91. The van der Waals surface area contributed by atoms with Crippen molar-refractivity contribution in [1.29, 1.82) is 0 Å². The molecule has 0 aromatic heterocycles. The van der Waals surface area contributed by atoms with E-state index in [4.69, 9.17) is 0 Å². The van der Waals surface area contributed by atoms with Crippen LogP contribution in [0.15, 0.2) is 36.4 Å². The van der Waals surface area contributed by atoms with Crippen LogP contribution in [-0.2, 0) is 25.7 Å². The summed E-state index contributed by atoms with van der Waals surface area (Å²) in [6, 6.07) is 7.50. The van der Waals surface area contributed by atoms with Crippen molar-refractivity contribution >= 4 is 23.6 Å². The summed E-state index contributed by atoms with van der Waals surface area (Å²) in [6.45, 7) is 4.30. The number of carbonyl (C=O) groups excluding carboxylic acids is 4. The highest BCUT2D eigenvalue weighted by molar-refractivity contribution is 6.05. The van der Waals surface area contributed by atoms with E-state index in [1.54, 1.807) is 4.90 Å². The maximum absolute atomic E-state index is 13.6. The molecule has 36 heavy (non-hydrogen) atoms. The predicted molar refractivity (Wildman–Crippen MR) is 138 cm³/mol. The van der Waals surface area contributed by atoms with Crippen molar-refractivity contribution < 1.29 is 19.2 Å². The third kappa shape index (κ3) is 5.88. The molecule has 194 valence electrons. The van der Waals surface area contributed by atoms with Gasteiger partial charge in [-0.3, -0.25) is 24.1 Å². The number of likely N-dealkylation sites (tertiary alicyclic amines) is 1. The van der Waals surface area contributed by atoms with E-state index in [1.807, 2.05) is 50.3 Å². The Morgan fingerprint density at radius 1 is 1.06 bits per heavy atom. The van der Waals surface area contributed by atoms with Crippen molar-refractivity contribution in [1.82, 2.24) is 15.1 Å². The minimum atomic E-state index is -0.600. The molecule has 4 amide bonds. The van der Waals surface area contributed by atoms with E-state index in [0.29, 0.717) is 25.8 Å². The Hall–Kier alpha value is -2.96. The molecule has 0 bridgehead atoms. The zero-order valence-electron chi connectivity index (χ0n) is 21.6.